The van der Waals surface area contributed by atoms with Crippen LogP contribution in [-0.4, -0.2) is 16.5 Å². The molecule has 0 atom stereocenters. The van der Waals surface area contributed by atoms with Crippen molar-refractivity contribution in [1.82, 2.24) is 9.97 Å². The van der Waals surface area contributed by atoms with E-state index in [1.165, 1.54) is 32.1 Å². The molecule has 1 fully saturated rings. The molecule has 1 aromatic heterocycles. The average Bonchev–Trinajstić information content (AvgIpc) is 2.32. The van der Waals surface area contributed by atoms with Crippen LogP contribution in [-0.2, 0) is 0 Å². The van der Waals surface area contributed by atoms with Crippen LogP contribution in [0.2, 0.25) is 5.28 Å². The molecule has 0 amide bonds. The Morgan fingerprint density at radius 2 is 2.12 bits per heavy atom. The number of halogens is 1. The fourth-order valence-corrected chi connectivity index (χ4v) is 2.28. The number of hydrogen-bond donors (Lipinski definition) is 2. The van der Waals surface area contributed by atoms with Crippen LogP contribution in [0.15, 0.2) is 6.20 Å². The van der Waals surface area contributed by atoms with E-state index in [2.05, 4.69) is 15.3 Å². The van der Waals surface area contributed by atoms with Crippen LogP contribution in [0, 0.1) is 5.92 Å². The lowest BCUT2D eigenvalue weighted by atomic mass is 9.89. The Morgan fingerprint density at radius 1 is 1.38 bits per heavy atom. The molecular formula is C11H17ClN4. The Labute approximate surface area is 101 Å². The van der Waals surface area contributed by atoms with Gasteiger partial charge in [0.25, 0.3) is 0 Å². The molecule has 5 heteroatoms. The Kier molecular flexibility index (Phi) is 3.83. The molecule has 1 aliphatic carbocycles. The number of aromatic nitrogens is 2. The number of nitrogen functional groups attached to an aromatic ring is 1. The van der Waals surface area contributed by atoms with Crippen molar-refractivity contribution in [3.05, 3.63) is 11.5 Å². The van der Waals surface area contributed by atoms with Gasteiger partial charge in [0.05, 0.1) is 11.9 Å². The maximum absolute atomic E-state index is 5.76. The highest BCUT2D eigenvalue weighted by molar-refractivity contribution is 6.28. The standard InChI is InChI=1S/C11H17ClN4/c12-11-15-7-9(13)10(16-11)14-6-8-4-2-1-3-5-8/h7-8H,1-6,13H2,(H,14,15,16). The summed E-state index contributed by atoms with van der Waals surface area (Å²) in [7, 11) is 0. The molecule has 0 saturated heterocycles. The van der Waals surface area contributed by atoms with Gasteiger partial charge in [-0.2, -0.15) is 4.98 Å². The first-order chi connectivity index (χ1) is 7.75. The van der Waals surface area contributed by atoms with Gasteiger partial charge in [-0.05, 0) is 30.4 Å². The summed E-state index contributed by atoms with van der Waals surface area (Å²) in [6, 6.07) is 0. The molecule has 3 N–H and O–H groups in total. The van der Waals surface area contributed by atoms with E-state index >= 15 is 0 Å². The van der Waals surface area contributed by atoms with Crippen LogP contribution in [0.25, 0.3) is 0 Å². The summed E-state index contributed by atoms with van der Waals surface area (Å²) >= 11 is 5.72. The molecule has 0 aliphatic heterocycles. The molecule has 0 aromatic carbocycles. The largest absolute Gasteiger partial charge is 0.394 e. The minimum Gasteiger partial charge on any atom is -0.394 e. The lowest BCUT2D eigenvalue weighted by Gasteiger charge is -2.22. The minimum absolute atomic E-state index is 0.236. The Bertz CT molecular complexity index is 350. The number of nitrogens with one attached hydrogen (secondary N) is 1. The molecule has 0 spiro atoms. The van der Waals surface area contributed by atoms with Crippen molar-refractivity contribution >= 4 is 23.1 Å². The molecule has 1 aliphatic rings. The third-order valence-corrected chi connectivity index (χ3v) is 3.25. The second-order valence-corrected chi connectivity index (χ2v) is 4.67. The number of hydrogen-bond acceptors (Lipinski definition) is 4. The fraction of sp³-hybridized carbons (Fsp3) is 0.636. The first-order valence-corrected chi connectivity index (χ1v) is 6.15. The van der Waals surface area contributed by atoms with Gasteiger partial charge >= 0.3 is 0 Å². The SMILES string of the molecule is Nc1cnc(Cl)nc1NCC1CCCCC1. The Morgan fingerprint density at radius 3 is 2.88 bits per heavy atom. The second-order valence-electron chi connectivity index (χ2n) is 4.33. The predicted molar refractivity (Wildman–Crippen MR) is 66.5 cm³/mol. The smallest absolute Gasteiger partial charge is 0.224 e. The summed E-state index contributed by atoms with van der Waals surface area (Å²) in [6.45, 7) is 0.928. The van der Waals surface area contributed by atoms with Crippen molar-refractivity contribution in [1.29, 1.82) is 0 Å². The van der Waals surface area contributed by atoms with Gasteiger partial charge < -0.3 is 11.1 Å². The van der Waals surface area contributed by atoms with Crippen molar-refractivity contribution in [3.8, 4) is 0 Å². The summed E-state index contributed by atoms with van der Waals surface area (Å²) in [6.07, 6.45) is 8.19. The van der Waals surface area contributed by atoms with Crippen molar-refractivity contribution in [2.24, 2.45) is 5.92 Å². The summed E-state index contributed by atoms with van der Waals surface area (Å²) in [5.74, 6) is 1.40. The van der Waals surface area contributed by atoms with Crippen LogP contribution in [0.3, 0.4) is 0 Å². The summed E-state index contributed by atoms with van der Waals surface area (Å²) in [5.41, 5.74) is 6.31. The maximum atomic E-state index is 5.76. The van der Waals surface area contributed by atoms with Gasteiger partial charge in [0.15, 0.2) is 5.82 Å². The molecule has 0 radical (unpaired) electrons. The minimum atomic E-state index is 0.236. The van der Waals surface area contributed by atoms with Crippen LogP contribution in [0.1, 0.15) is 32.1 Å². The van der Waals surface area contributed by atoms with E-state index in [0.717, 1.165) is 12.5 Å². The van der Waals surface area contributed by atoms with Crippen LogP contribution in [0.5, 0.6) is 0 Å². The van der Waals surface area contributed by atoms with Gasteiger partial charge in [0, 0.05) is 6.54 Å². The third kappa shape index (κ3) is 2.98. The van der Waals surface area contributed by atoms with Crippen molar-refractivity contribution in [2.75, 3.05) is 17.6 Å². The lowest BCUT2D eigenvalue weighted by Crippen LogP contribution is -2.18. The molecule has 1 aromatic rings. The molecule has 2 rings (SSSR count). The first kappa shape index (κ1) is 11.5. The van der Waals surface area contributed by atoms with E-state index in [0.29, 0.717) is 11.5 Å². The molecular weight excluding hydrogens is 224 g/mol. The lowest BCUT2D eigenvalue weighted by molar-refractivity contribution is 0.373. The van der Waals surface area contributed by atoms with Gasteiger partial charge in [0.2, 0.25) is 5.28 Å². The van der Waals surface area contributed by atoms with E-state index in [9.17, 15) is 0 Å². The highest BCUT2D eigenvalue weighted by Gasteiger charge is 2.13. The molecule has 88 valence electrons. The topological polar surface area (TPSA) is 63.8 Å². The van der Waals surface area contributed by atoms with E-state index in [1.807, 2.05) is 0 Å². The van der Waals surface area contributed by atoms with Gasteiger partial charge in [-0.3, -0.25) is 0 Å². The van der Waals surface area contributed by atoms with E-state index in [4.69, 9.17) is 17.3 Å². The maximum Gasteiger partial charge on any atom is 0.224 e. The zero-order chi connectivity index (χ0) is 11.4. The zero-order valence-electron chi connectivity index (χ0n) is 9.25. The summed E-state index contributed by atoms with van der Waals surface area (Å²) < 4.78 is 0. The van der Waals surface area contributed by atoms with Crippen molar-refractivity contribution in [3.63, 3.8) is 0 Å². The highest BCUT2D eigenvalue weighted by atomic mass is 35.5. The molecule has 0 bridgehead atoms. The monoisotopic (exact) mass is 240 g/mol. The summed E-state index contributed by atoms with van der Waals surface area (Å²) in [4.78, 5) is 7.90. The van der Waals surface area contributed by atoms with E-state index in [1.54, 1.807) is 6.20 Å². The Hall–Kier alpha value is -1.03. The van der Waals surface area contributed by atoms with E-state index in [-0.39, 0.29) is 5.28 Å². The molecule has 1 heterocycles. The van der Waals surface area contributed by atoms with Crippen molar-refractivity contribution in [2.45, 2.75) is 32.1 Å². The number of nitrogens with two attached hydrogens (primary N) is 1. The van der Waals surface area contributed by atoms with Gasteiger partial charge in [0.1, 0.15) is 0 Å². The number of rotatable bonds is 3. The number of nitrogens with zero attached hydrogens (tertiary/aromatic N) is 2. The van der Waals surface area contributed by atoms with Gasteiger partial charge in [-0.1, -0.05) is 19.3 Å². The number of anilines is 2. The molecule has 1 saturated carbocycles. The predicted octanol–water partition coefficient (Wildman–Crippen LogP) is 2.70. The molecule has 4 nitrogen and oxygen atoms in total. The summed E-state index contributed by atoms with van der Waals surface area (Å²) in [5, 5.41) is 3.50. The van der Waals surface area contributed by atoms with Crippen LogP contribution >= 0.6 is 11.6 Å². The quantitative estimate of drug-likeness (QED) is 0.798. The zero-order valence-corrected chi connectivity index (χ0v) is 10.0. The molecule has 0 unspecified atom stereocenters. The van der Waals surface area contributed by atoms with Crippen LogP contribution < -0.4 is 11.1 Å². The van der Waals surface area contributed by atoms with Crippen LogP contribution in [0.4, 0.5) is 11.5 Å². The van der Waals surface area contributed by atoms with Gasteiger partial charge in [-0.15, -0.1) is 0 Å². The normalized spacial score (nSPS) is 17.3. The average molecular weight is 241 g/mol. The third-order valence-electron chi connectivity index (χ3n) is 3.07. The van der Waals surface area contributed by atoms with Crippen molar-refractivity contribution < 1.29 is 0 Å². The fourth-order valence-electron chi connectivity index (χ4n) is 2.14. The second kappa shape index (κ2) is 5.34. The molecule has 16 heavy (non-hydrogen) atoms. The highest BCUT2D eigenvalue weighted by Crippen LogP contribution is 2.24. The first-order valence-electron chi connectivity index (χ1n) is 5.77. The van der Waals surface area contributed by atoms with Gasteiger partial charge in [-0.25, -0.2) is 4.98 Å². The van der Waals surface area contributed by atoms with E-state index < -0.39 is 0 Å². The Balaban J connectivity index is 1.90.